The molecule has 3 heterocycles. The van der Waals surface area contributed by atoms with Crippen molar-refractivity contribution in [3.63, 3.8) is 0 Å². The van der Waals surface area contributed by atoms with Crippen molar-refractivity contribution in [1.29, 1.82) is 0 Å². The molecule has 0 aliphatic carbocycles. The largest absolute Gasteiger partial charge is 0.454 e. The average molecular weight is 430 g/mol. The minimum atomic E-state index is 0.135. The van der Waals surface area contributed by atoms with Gasteiger partial charge in [-0.25, -0.2) is 4.98 Å². The number of anilines is 1. The summed E-state index contributed by atoms with van der Waals surface area (Å²) in [6, 6.07) is 9.64. The maximum atomic E-state index is 12.7. The zero-order valence-corrected chi connectivity index (χ0v) is 17.6. The fourth-order valence-corrected chi connectivity index (χ4v) is 4.94. The van der Waals surface area contributed by atoms with Gasteiger partial charge < -0.3 is 19.3 Å². The number of aryl methyl sites for hydroxylation is 1. The van der Waals surface area contributed by atoms with Gasteiger partial charge in [0.15, 0.2) is 16.6 Å². The molecule has 1 amide bonds. The number of benzene rings is 2. The van der Waals surface area contributed by atoms with Crippen LogP contribution in [0.1, 0.15) is 11.1 Å². The SMILES string of the molecule is Cc1c(Cl)ccc2sc(N3CCN(C(=O)Cc4ccc5c(c4)OCO5)CC3)nc12. The highest BCUT2D eigenvalue weighted by atomic mass is 35.5. The van der Waals surface area contributed by atoms with Crippen molar-refractivity contribution in [3.05, 3.63) is 46.5 Å². The second-order valence-electron chi connectivity index (χ2n) is 7.25. The van der Waals surface area contributed by atoms with Gasteiger partial charge in [-0.1, -0.05) is 29.0 Å². The summed E-state index contributed by atoms with van der Waals surface area (Å²) in [5.74, 6) is 1.59. The molecule has 2 aliphatic heterocycles. The molecule has 0 atom stereocenters. The number of rotatable bonds is 3. The van der Waals surface area contributed by atoms with Crippen LogP contribution in [-0.4, -0.2) is 48.8 Å². The molecule has 2 aliphatic rings. The maximum absolute atomic E-state index is 12.7. The van der Waals surface area contributed by atoms with Gasteiger partial charge in [0.1, 0.15) is 0 Å². The van der Waals surface area contributed by atoms with E-state index in [9.17, 15) is 4.79 Å². The Hall–Kier alpha value is -2.51. The highest BCUT2D eigenvalue weighted by molar-refractivity contribution is 7.22. The van der Waals surface area contributed by atoms with Crippen molar-refractivity contribution < 1.29 is 14.3 Å². The predicted octanol–water partition coefficient (Wildman–Crippen LogP) is 3.88. The topological polar surface area (TPSA) is 54.9 Å². The van der Waals surface area contributed by atoms with Gasteiger partial charge in [-0.15, -0.1) is 0 Å². The standard InChI is InChI=1S/C21H20ClN3O3S/c1-13-15(22)3-5-18-20(13)23-21(29-18)25-8-6-24(7-9-25)19(26)11-14-2-4-16-17(10-14)28-12-27-16/h2-5,10H,6-9,11-12H2,1H3. The molecule has 0 unspecified atom stereocenters. The molecule has 1 saturated heterocycles. The monoisotopic (exact) mass is 429 g/mol. The number of aromatic nitrogens is 1. The molecule has 0 spiro atoms. The van der Waals surface area contributed by atoms with E-state index >= 15 is 0 Å². The van der Waals surface area contributed by atoms with Crippen LogP contribution in [0.3, 0.4) is 0 Å². The Bertz CT molecular complexity index is 1090. The van der Waals surface area contributed by atoms with Gasteiger partial charge in [0.25, 0.3) is 0 Å². The molecule has 0 saturated carbocycles. The Morgan fingerprint density at radius 1 is 1.14 bits per heavy atom. The maximum Gasteiger partial charge on any atom is 0.231 e. The van der Waals surface area contributed by atoms with Crippen molar-refractivity contribution in [2.75, 3.05) is 37.9 Å². The molecule has 0 N–H and O–H groups in total. The third-order valence-electron chi connectivity index (χ3n) is 5.43. The lowest BCUT2D eigenvalue weighted by atomic mass is 10.1. The molecule has 1 fully saturated rings. The van der Waals surface area contributed by atoms with Crippen molar-refractivity contribution >= 4 is 44.2 Å². The molecule has 5 rings (SSSR count). The van der Waals surface area contributed by atoms with Gasteiger partial charge in [0, 0.05) is 31.2 Å². The summed E-state index contributed by atoms with van der Waals surface area (Å²) in [7, 11) is 0. The van der Waals surface area contributed by atoms with Gasteiger partial charge in [-0.2, -0.15) is 0 Å². The molecule has 1 aromatic heterocycles. The van der Waals surface area contributed by atoms with E-state index < -0.39 is 0 Å². The van der Waals surface area contributed by atoms with Crippen molar-refractivity contribution in [2.45, 2.75) is 13.3 Å². The highest BCUT2D eigenvalue weighted by Gasteiger charge is 2.24. The van der Waals surface area contributed by atoms with E-state index in [0.29, 0.717) is 25.3 Å². The van der Waals surface area contributed by atoms with Crippen LogP contribution in [0.15, 0.2) is 30.3 Å². The van der Waals surface area contributed by atoms with Crippen LogP contribution in [0.25, 0.3) is 10.2 Å². The van der Waals surface area contributed by atoms with E-state index in [4.69, 9.17) is 26.1 Å². The zero-order chi connectivity index (χ0) is 20.0. The highest BCUT2D eigenvalue weighted by Crippen LogP contribution is 2.34. The Labute approximate surface area is 177 Å². The fraction of sp³-hybridized carbons (Fsp3) is 0.333. The average Bonchev–Trinajstić information content (AvgIpc) is 3.38. The summed E-state index contributed by atoms with van der Waals surface area (Å²) < 4.78 is 11.9. The Balaban J connectivity index is 1.23. The quantitative estimate of drug-likeness (QED) is 0.632. The number of piperazine rings is 1. The van der Waals surface area contributed by atoms with Crippen LogP contribution in [-0.2, 0) is 11.2 Å². The first-order valence-corrected chi connectivity index (χ1v) is 10.7. The van der Waals surface area contributed by atoms with Crippen LogP contribution in [0.5, 0.6) is 11.5 Å². The second-order valence-corrected chi connectivity index (χ2v) is 8.66. The van der Waals surface area contributed by atoms with Crippen LogP contribution in [0.4, 0.5) is 5.13 Å². The Morgan fingerprint density at radius 2 is 1.93 bits per heavy atom. The molecule has 29 heavy (non-hydrogen) atoms. The van der Waals surface area contributed by atoms with E-state index in [2.05, 4.69) is 4.90 Å². The summed E-state index contributed by atoms with van der Waals surface area (Å²) in [6.07, 6.45) is 0.371. The summed E-state index contributed by atoms with van der Waals surface area (Å²) in [5.41, 5.74) is 2.93. The number of halogens is 1. The predicted molar refractivity (Wildman–Crippen MR) is 114 cm³/mol. The molecular formula is C21H20ClN3O3S. The van der Waals surface area contributed by atoms with Gasteiger partial charge in [-0.05, 0) is 42.3 Å². The summed E-state index contributed by atoms with van der Waals surface area (Å²) in [4.78, 5) is 21.7. The Morgan fingerprint density at radius 3 is 2.76 bits per heavy atom. The fourth-order valence-electron chi connectivity index (χ4n) is 3.71. The van der Waals surface area contributed by atoms with E-state index in [0.717, 1.165) is 50.3 Å². The zero-order valence-electron chi connectivity index (χ0n) is 16.0. The van der Waals surface area contributed by atoms with Gasteiger partial charge in [-0.3, -0.25) is 4.79 Å². The molecule has 8 heteroatoms. The minimum absolute atomic E-state index is 0.135. The number of thiazole rings is 1. The number of hydrogen-bond donors (Lipinski definition) is 0. The number of carbonyl (C=O) groups excluding carboxylic acids is 1. The lowest BCUT2D eigenvalue weighted by Crippen LogP contribution is -2.49. The van der Waals surface area contributed by atoms with Gasteiger partial charge in [0.05, 0.1) is 16.6 Å². The molecule has 2 aromatic carbocycles. The molecule has 0 bridgehead atoms. The number of nitrogens with zero attached hydrogens (tertiary/aromatic N) is 3. The minimum Gasteiger partial charge on any atom is -0.454 e. The molecule has 150 valence electrons. The van der Waals surface area contributed by atoms with E-state index in [1.807, 2.05) is 42.2 Å². The van der Waals surface area contributed by atoms with Crippen LogP contribution in [0, 0.1) is 6.92 Å². The first kappa shape index (κ1) is 18.5. The first-order chi connectivity index (χ1) is 14.1. The number of carbonyl (C=O) groups is 1. The normalized spacial score (nSPS) is 15.9. The smallest absolute Gasteiger partial charge is 0.231 e. The van der Waals surface area contributed by atoms with Gasteiger partial charge >= 0.3 is 0 Å². The molecule has 6 nitrogen and oxygen atoms in total. The summed E-state index contributed by atoms with van der Waals surface area (Å²) in [5, 5.41) is 1.74. The molecule has 3 aromatic rings. The Kier molecular flexibility index (Phi) is 4.72. The lowest BCUT2D eigenvalue weighted by molar-refractivity contribution is -0.130. The van der Waals surface area contributed by atoms with E-state index in [1.165, 1.54) is 0 Å². The van der Waals surface area contributed by atoms with E-state index in [1.54, 1.807) is 11.3 Å². The lowest BCUT2D eigenvalue weighted by Gasteiger charge is -2.34. The second kappa shape index (κ2) is 7.39. The molecule has 0 radical (unpaired) electrons. The van der Waals surface area contributed by atoms with Crippen LogP contribution < -0.4 is 14.4 Å². The number of fused-ring (bicyclic) bond motifs is 2. The van der Waals surface area contributed by atoms with Gasteiger partial charge in [0.2, 0.25) is 12.7 Å². The number of ether oxygens (including phenoxy) is 2. The summed E-state index contributed by atoms with van der Waals surface area (Å²) in [6.45, 7) is 5.18. The van der Waals surface area contributed by atoms with Crippen molar-refractivity contribution in [1.82, 2.24) is 9.88 Å². The van der Waals surface area contributed by atoms with Crippen LogP contribution in [0.2, 0.25) is 5.02 Å². The van der Waals surface area contributed by atoms with Crippen molar-refractivity contribution in [2.24, 2.45) is 0 Å². The van der Waals surface area contributed by atoms with Crippen LogP contribution >= 0.6 is 22.9 Å². The van der Waals surface area contributed by atoms with E-state index in [-0.39, 0.29) is 12.7 Å². The third kappa shape index (κ3) is 3.49. The number of hydrogen-bond acceptors (Lipinski definition) is 6. The number of amides is 1. The first-order valence-electron chi connectivity index (χ1n) is 9.55. The third-order valence-corrected chi connectivity index (χ3v) is 6.92. The summed E-state index contributed by atoms with van der Waals surface area (Å²) >= 11 is 7.90. The molecular weight excluding hydrogens is 410 g/mol. The van der Waals surface area contributed by atoms with Crippen molar-refractivity contribution in [3.8, 4) is 11.5 Å².